The van der Waals surface area contributed by atoms with Crippen LogP contribution in [0.5, 0.6) is 0 Å². The first-order valence-corrected chi connectivity index (χ1v) is 8.09. The van der Waals surface area contributed by atoms with E-state index < -0.39 is 0 Å². The summed E-state index contributed by atoms with van der Waals surface area (Å²) in [7, 11) is 0. The normalized spacial score (nSPS) is 15.1. The largest absolute Gasteiger partial charge is 0.451 e. The molecule has 1 aliphatic rings. The summed E-state index contributed by atoms with van der Waals surface area (Å²) in [5.74, 6) is 1.02. The van der Waals surface area contributed by atoms with Gasteiger partial charge < -0.3 is 9.32 Å². The van der Waals surface area contributed by atoms with Crippen molar-refractivity contribution >= 4 is 28.5 Å². The summed E-state index contributed by atoms with van der Waals surface area (Å²) in [6.07, 6.45) is 4.21. The second kappa shape index (κ2) is 6.10. The highest BCUT2D eigenvalue weighted by Crippen LogP contribution is 2.28. The topological polar surface area (TPSA) is 33.5 Å². The summed E-state index contributed by atoms with van der Waals surface area (Å²) in [4.78, 5) is 14.7. The van der Waals surface area contributed by atoms with Gasteiger partial charge in [-0.05, 0) is 50.8 Å². The molecule has 0 N–H and O–H groups in total. The summed E-state index contributed by atoms with van der Waals surface area (Å²) in [6.45, 7) is 2.75. The van der Waals surface area contributed by atoms with Gasteiger partial charge in [0.25, 0.3) is 5.91 Å². The van der Waals surface area contributed by atoms with Gasteiger partial charge in [-0.3, -0.25) is 4.79 Å². The van der Waals surface area contributed by atoms with Crippen molar-refractivity contribution < 1.29 is 9.21 Å². The lowest BCUT2D eigenvalue weighted by atomic mass is 9.91. The van der Waals surface area contributed by atoms with E-state index in [1.54, 1.807) is 0 Å². The van der Waals surface area contributed by atoms with Gasteiger partial charge in [0, 0.05) is 23.9 Å². The molecule has 0 aliphatic heterocycles. The molecule has 0 radical (unpaired) electrons. The van der Waals surface area contributed by atoms with Gasteiger partial charge in [-0.1, -0.05) is 11.6 Å². The predicted octanol–water partition coefficient (Wildman–Crippen LogP) is 4.36. The second-order valence-electron chi connectivity index (χ2n) is 5.78. The zero-order valence-electron chi connectivity index (χ0n) is 12.3. The van der Waals surface area contributed by atoms with Crippen LogP contribution >= 0.6 is 11.6 Å². The fraction of sp³-hybridized carbons (Fsp3) is 0.471. The molecule has 3 nitrogen and oxygen atoms in total. The summed E-state index contributed by atoms with van der Waals surface area (Å²) >= 11 is 5.78. The molecule has 21 heavy (non-hydrogen) atoms. The lowest BCUT2D eigenvalue weighted by molar-refractivity contribution is 0.0551. The van der Waals surface area contributed by atoms with E-state index in [0.29, 0.717) is 24.2 Å². The highest BCUT2D eigenvalue weighted by molar-refractivity contribution is 6.17. The number of rotatable bonds is 5. The van der Waals surface area contributed by atoms with E-state index in [9.17, 15) is 4.79 Å². The van der Waals surface area contributed by atoms with Gasteiger partial charge in [0.05, 0.1) is 0 Å². The Morgan fingerprint density at radius 1 is 1.38 bits per heavy atom. The van der Waals surface area contributed by atoms with E-state index in [-0.39, 0.29) is 5.91 Å². The molecule has 0 unspecified atom stereocenters. The third-order valence-corrected chi connectivity index (χ3v) is 4.46. The van der Waals surface area contributed by atoms with Crippen LogP contribution in [0.4, 0.5) is 0 Å². The Kier molecular flexibility index (Phi) is 4.20. The Balaban J connectivity index is 1.85. The van der Waals surface area contributed by atoms with Crippen molar-refractivity contribution in [2.45, 2.75) is 38.6 Å². The van der Waals surface area contributed by atoms with Crippen molar-refractivity contribution in [3.05, 3.63) is 35.6 Å². The van der Waals surface area contributed by atoms with Crippen molar-refractivity contribution in [2.75, 3.05) is 12.4 Å². The summed E-state index contributed by atoms with van der Waals surface area (Å²) in [6, 6.07) is 8.18. The number of benzene rings is 1. The van der Waals surface area contributed by atoms with E-state index in [1.807, 2.05) is 36.1 Å². The number of nitrogens with zero attached hydrogens (tertiary/aromatic N) is 1. The van der Waals surface area contributed by atoms with Gasteiger partial charge in [-0.2, -0.15) is 0 Å². The third-order valence-electron chi connectivity index (χ3n) is 4.19. The minimum Gasteiger partial charge on any atom is -0.451 e. The molecule has 1 fully saturated rings. The number of aryl methyl sites for hydroxylation is 1. The molecular formula is C17H20ClNO2. The molecule has 1 aromatic heterocycles. The van der Waals surface area contributed by atoms with E-state index in [1.165, 1.54) is 12.0 Å². The van der Waals surface area contributed by atoms with Crippen molar-refractivity contribution in [1.82, 2.24) is 4.90 Å². The molecule has 2 aromatic rings. The molecule has 1 amide bonds. The van der Waals surface area contributed by atoms with Crippen LogP contribution in [0, 0.1) is 6.92 Å². The van der Waals surface area contributed by atoms with Crippen molar-refractivity contribution in [1.29, 1.82) is 0 Å². The number of hydrogen-bond acceptors (Lipinski definition) is 2. The van der Waals surface area contributed by atoms with Crippen molar-refractivity contribution in [3.63, 3.8) is 0 Å². The van der Waals surface area contributed by atoms with E-state index >= 15 is 0 Å². The van der Waals surface area contributed by atoms with Gasteiger partial charge in [0.1, 0.15) is 5.58 Å². The number of amides is 1. The van der Waals surface area contributed by atoms with Crippen LogP contribution in [-0.2, 0) is 0 Å². The molecule has 0 atom stereocenters. The Bertz CT molecular complexity index is 645. The monoisotopic (exact) mass is 305 g/mol. The summed E-state index contributed by atoms with van der Waals surface area (Å²) in [5, 5.41) is 0.990. The second-order valence-corrected chi connectivity index (χ2v) is 6.16. The smallest absolute Gasteiger partial charge is 0.289 e. The standard InChI is InChI=1S/C17H20ClNO2/c1-12-6-7-15-13(10-12)11-16(21-15)17(20)19(9-3-8-18)14-4-2-5-14/h6-7,10-11,14H,2-5,8-9H2,1H3. The average Bonchev–Trinajstić information content (AvgIpc) is 2.83. The molecule has 1 heterocycles. The molecular weight excluding hydrogens is 286 g/mol. The number of furan rings is 1. The first-order valence-electron chi connectivity index (χ1n) is 7.56. The number of carbonyl (C=O) groups excluding carboxylic acids is 1. The number of halogens is 1. The summed E-state index contributed by atoms with van der Waals surface area (Å²) in [5.41, 5.74) is 1.94. The lowest BCUT2D eigenvalue weighted by Gasteiger charge is -2.37. The average molecular weight is 306 g/mol. The van der Waals surface area contributed by atoms with E-state index in [2.05, 4.69) is 0 Å². The van der Waals surface area contributed by atoms with Crippen LogP contribution in [0.25, 0.3) is 11.0 Å². The summed E-state index contributed by atoms with van der Waals surface area (Å²) < 4.78 is 5.74. The SMILES string of the molecule is Cc1ccc2oc(C(=O)N(CCCCl)C3CCC3)cc2c1. The first-order chi connectivity index (χ1) is 10.2. The maximum absolute atomic E-state index is 12.7. The van der Waals surface area contributed by atoms with Crippen LogP contribution in [-0.4, -0.2) is 29.3 Å². The van der Waals surface area contributed by atoms with E-state index in [0.717, 1.165) is 30.2 Å². The van der Waals surface area contributed by atoms with Crippen LogP contribution in [0.3, 0.4) is 0 Å². The molecule has 1 saturated carbocycles. The number of hydrogen-bond donors (Lipinski definition) is 0. The number of alkyl halides is 1. The number of carbonyl (C=O) groups is 1. The fourth-order valence-electron chi connectivity index (χ4n) is 2.79. The van der Waals surface area contributed by atoms with Gasteiger partial charge in [-0.25, -0.2) is 0 Å². The van der Waals surface area contributed by atoms with Gasteiger partial charge >= 0.3 is 0 Å². The van der Waals surface area contributed by atoms with Crippen LogP contribution < -0.4 is 0 Å². The Morgan fingerprint density at radius 3 is 2.86 bits per heavy atom. The molecule has 0 saturated heterocycles. The highest BCUT2D eigenvalue weighted by Gasteiger charge is 2.30. The van der Waals surface area contributed by atoms with Crippen LogP contribution in [0.15, 0.2) is 28.7 Å². The fourth-order valence-corrected chi connectivity index (χ4v) is 2.91. The first kappa shape index (κ1) is 14.5. The Labute approximate surface area is 129 Å². The Hall–Kier alpha value is -1.48. The molecule has 0 bridgehead atoms. The zero-order chi connectivity index (χ0) is 14.8. The molecule has 0 spiro atoms. The van der Waals surface area contributed by atoms with Gasteiger partial charge in [0.2, 0.25) is 0 Å². The van der Waals surface area contributed by atoms with Crippen LogP contribution in [0.1, 0.15) is 41.8 Å². The van der Waals surface area contributed by atoms with Gasteiger partial charge in [-0.15, -0.1) is 11.6 Å². The quantitative estimate of drug-likeness (QED) is 0.769. The van der Waals surface area contributed by atoms with Crippen LogP contribution in [0.2, 0.25) is 0 Å². The minimum absolute atomic E-state index is 0.00123. The van der Waals surface area contributed by atoms with E-state index in [4.69, 9.17) is 16.0 Å². The third kappa shape index (κ3) is 2.93. The molecule has 112 valence electrons. The maximum atomic E-state index is 12.7. The maximum Gasteiger partial charge on any atom is 0.289 e. The van der Waals surface area contributed by atoms with Crippen molar-refractivity contribution in [2.24, 2.45) is 0 Å². The highest BCUT2D eigenvalue weighted by atomic mass is 35.5. The lowest BCUT2D eigenvalue weighted by Crippen LogP contribution is -2.44. The molecule has 1 aromatic carbocycles. The van der Waals surface area contributed by atoms with Gasteiger partial charge in [0.15, 0.2) is 5.76 Å². The Morgan fingerprint density at radius 2 is 2.19 bits per heavy atom. The molecule has 1 aliphatic carbocycles. The predicted molar refractivity (Wildman–Crippen MR) is 85.0 cm³/mol. The molecule has 3 rings (SSSR count). The zero-order valence-corrected chi connectivity index (χ0v) is 13.0. The number of fused-ring (bicyclic) bond motifs is 1. The van der Waals surface area contributed by atoms with Crippen molar-refractivity contribution in [3.8, 4) is 0 Å². The molecule has 4 heteroatoms. The minimum atomic E-state index is -0.00123.